The monoisotopic (exact) mass is 636 g/mol. The second-order valence-electron chi connectivity index (χ2n) is 9.56. The van der Waals surface area contributed by atoms with Crippen molar-refractivity contribution in [1.82, 2.24) is 0 Å². The minimum absolute atomic E-state index is 0.167. The molecule has 0 saturated carbocycles. The van der Waals surface area contributed by atoms with Gasteiger partial charge in [-0.2, -0.15) is 0 Å². The summed E-state index contributed by atoms with van der Waals surface area (Å²) in [4.78, 5) is 83.4. The molecule has 2 rings (SSSR count). The van der Waals surface area contributed by atoms with Crippen molar-refractivity contribution >= 4 is 53.5 Å². The molecule has 2 aliphatic heterocycles. The summed E-state index contributed by atoms with van der Waals surface area (Å²) in [7, 11) is 0. The highest BCUT2D eigenvalue weighted by molar-refractivity contribution is 8.00. The van der Waals surface area contributed by atoms with Gasteiger partial charge in [0.15, 0.2) is 30.5 Å². The highest BCUT2D eigenvalue weighted by Gasteiger charge is 2.55. The third kappa shape index (κ3) is 11.3. The number of esters is 7. The van der Waals surface area contributed by atoms with Crippen molar-refractivity contribution in [1.29, 1.82) is 0 Å². The van der Waals surface area contributed by atoms with Gasteiger partial charge in [-0.25, -0.2) is 0 Å². The summed E-state index contributed by atoms with van der Waals surface area (Å²) in [6, 6.07) is 0. The van der Waals surface area contributed by atoms with Crippen LogP contribution in [0, 0.1) is 0 Å². The fraction of sp³-hybridized carbons (Fsp3) is 0.731. The maximum atomic E-state index is 12.2. The van der Waals surface area contributed by atoms with Crippen molar-refractivity contribution in [2.45, 2.75) is 102 Å². The second kappa shape index (κ2) is 16.4. The predicted molar refractivity (Wildman–Crippen MR) is 141 cm³/mol. The fourth-order valence-electron chi connectivity index (χ4n) is 4.43. The lowest BCUT2D eigenvalue weighted by atomic mass is 9.99. The number of carbonyl (C=O) groups is 7. The number of thioether (sulfide) groups is 1. The lowest BCUT2D eigenvalue weighted by Gasteiger charge is -2.46. The van der Waals surface area contributed by atoms with Crippen LogP contribution in [0.5, 0.6) is 0 Å². The van der Waals surface area contributed by atoms with Gasteiger partial charge in [0.05, 0.1) is 11.9 Å². The maximum Gasteiger partial charge on any atom is 0.303 e. The van der Waals surface area contributed by atoms with Crippen LogP contribution in [0.2, 0.25) is 0 Å². The van der Waals surface area contributed by atoms with E-state index in [1.807, 2.05) is 0 Å². The molecule has 0 aromatic rings. The first-order valence-electron chi connectivity index (χ1n) is 13.1. The third-order valence-electron chi connectivity index (χ3n) is 5.84. The van der Waals surface area contributed by atoms with E-state index in [4.69, 9.17) is 42.6 Å². The van der Waals surface area contributed by atoms with Crippen LogP contribution in [0.1, 0.15) is 48.5 Å². The van der Waals surface area contributed by atoms with Gasteiger partial charge in [-0.05, 0) is 0 Å². The average molecular weight is 637 g/mol. The SMILES string of the molecule is CC(=O)OC[C@H]1O[C@@H](S[C@H]2CO[C@H](COC(C)=O)[C@@H](OC(C)=O)[C@@H]2OC(C)=O)[C@H](OC(C)=O)[C@@H](OC(C)=O)[C@@H]1OC(C)=O. The van der Waals surface area contributed by atoms with Crippen molar-refractivity contribution in [3.8, 4) is 0 Å². The van der Waals surface area contributed by atoms with E-state index in [1.165, 1.54) is 6.92 Å². The molecule has 0 spiro atoms. The lowest BCUT2D eigenvalue weighted by Crippen LogP contribution is -2.63. The van der Waals surface area contributed by atoms with Crippen LogP contribution < -0.4 is 0 Å². The van der Waals surface area contributed by atoms with E-state index in [0.29, 0.717) is 0 Å². The molecule has 0 bridgehead atoms. The topological polar surface area (TPSA) is 203 Å². The van der Waals surface area contributed by atoms with Gasteiger partial charge >= 0.3 is 41.8 Å². The van der Waals surface area contributed by atoms with Crippen molar-refractivity contribution < 1.29 is 76.2 Å². The molecule has 0 N–H and O–H groups in total. The highest BCUT2D eigenvalue weighted by Crippen LogP contribution is 2.40. The quantitative estimate of drug-likeness (QED) is 0.216. The van der Waals surface area contributed by atoms with Gasteiger partial charge in [0, 0.05) is 48.5 Å². The third-order valence-corrected chi connectivity index (χ3v) is 7.24. The molecule has 2 fully saturated rings. The van der Waals surface area contributed by atoms with E-state index in [2.05, 4.69) is 0 Å². The van der Waals surface area contributed by atoms with Crippen molar-refractivity contribution in [2.24, 2.45) is 0 Å². The number of carbonyl (C=O) groups excluding carboxylic acids is 7. The Hall–Kier alpha value is -3.44. The molecule has 9 atom stereocenters. The zero-order chi connectivity index (χ0) is 32.4. The van der Waals surface area contributed by atoms with E-state index < -0.39 is 102 Å². The molecule has 2 heterocycles. The Morgan fingerprint density at radius 2 is 0.930 bits per heavy atom. The number of rotatable bonds is 11. The van der Waals surface area contributed by atoms with Gasteiger partial charge in [0.1, 0.15) is 30.9 Å². The summed E-state index contributed by atoms with van der Waals surface area (Å²) in [5, 5.41) is -0.873. The van der Waals surface area contributed by atoms with Crippen LogP contribution in [0.4, 0.5) is 0 Å². The molecule has 0 radical (unpaired) electrons. The van der Waals surface area contributed by atoms with E-state index in [9.17, 15) is 33.6 Å². The molecule has 16 nitrogen and oxygen atoms in total. The zero-order valence-electron chi connectivity index (χ0n) is 24.8. The highest BCUT2D eigenvalue weighted by atomic mass is 32.2. The minimum Gasteiger partial charge on any atom is -0.463 e. The van der Waals surface area contributed by atoms with E-state index >= 15 is 0 Å². The Kier molecular flexibility index (Phi) is 13.7. The molecule has 2 aliphatic rings. The Bertz CT molecular complexity index is 1060. The van der Waals surface area contributed by atoms with Gasteiger partial charge in [-0.1, -0.05) is 0 Å². The molecule has 2 saturated heterocycles. The summed E-state index contributed by atoms with van der Waals surface area (Å²) >= 11 is 0.916. The normalized spacial score (nSPS) is 30.2. The summed E-state index contributed by atoms with van der Waals surface area (Å²) in [6.07, 6.45) is -8.83. The van der Waals surface area contributed by atoms with Gasteiger partial charge in [0.2, 0.25) is 0 Å². The molecule has 0 amide bonds. The van der Waals surface area contributed by atoms with E-state index in [1.54, 1.807) is 0 Å². The molecular formula is C26H36O16S. The van der Waals surface area contributed by atoms with Crippen molar-refractivity contribution in [3.05, 3.63) is 0 Å². The molecule has 0 aromatic heterocycles. The van der Waals surface area contributed by atoms with Crippen LogP contribution in [-0.4, -0.2) is 115 Å². The summed E-state index contributed by atoms with van der Waals surface area (Å²) in [5.41, 5.74) is -1.23. The minimum atomic E-state index is -1.42. The molecule has 242 valence electrons. The smallest absolute Gasteiger partial charge is 0.303 e. The fourth-order valence-corrected chi connectivity index (χ4v) is 5.87. The maximum absolute atomic E-state index is 12.2. The first-order valence-corrected chi connectivity index (χ1v) is 14.1. The Morgan fingerprint density at radius 3 is 1.40 bits per heavy atom. The van der Waals surface area contributed by atoms with Crippen molar-refractivity contribution in [3.63, 3.8) is 0 Å². The molecule has 0 aromatic carbocycles. The summed E-state index contributed by atoms with van der Waals surface area (Å²) in [5.74, 6) is -5.17. The van der Waals surface area contributed by atoms with Gasteiger partial charge in [-0.15, -0.1) is 11.8 Å². The molecule has 43 heavy (non-hydrogen) atoms. The van der Waals surface area contributed by atoms with Crippen molar-refractivity contribution in [2.75, 3.05) is 19.8 Å². The molecule has 0 unspecified atom stereocenters. The first kappa shape index (κ1) is 35.8. The summed E-state index contributed by atoms with van der Waals surface area (Å²) in [6.45, 7) is 6.95. The molecule has 17 heteroatoms. The van der Waals surface area contributed by atoms with Gasteiger partial charge in [0.25, 0.3) is 0 Å². The first-order chi connectivity index (χ1) is 20.1. The Labute approximate surface area is 251 Å². The lowest BCUT2D eigenvalue weighted by molar-refractivity contribution is -0.237. The largest absolute Gasteiger partial charge is 0.463 e. The van der Waals surface area contributed by atoms with Crippen LogP contribution in [-0.2, 0) is 76.2 Å². The molecule has 0 aliphatic carbocycles. The van der Waals surface area contributed by atoms with Crippen LogP contribution in [0.3, 0.4) is 0 Å². The summed E-state index contributed by atoms with van der Waals surface area (Å²) < 4.78 is 49.4. The van der Waals surface area contributed by atoms with E-state index in [0.717, 1.165) is 53.3 Å². The Morgan fingerprint density at radius 1 is 0.535 bits per heavy atom. The standard InChI is InChI=1S/C26H36O16S/c1-11(27)34-8-18-21(37-13(3)29)23(39-15(5)31)20(10-36-18)43-26-25(41-17(7)33)24(40-16(6)32)22(38-14(4)30)19(42-26)9-35-12(2)28/h18-26H,8-10H2,1-7H3/t18-,19-,20+,21-,22-,23-,24+,25-,26+/m1/s1. The zero-order valence-corrected chi connectivity index (χ0v) is 25.6. The Balaban J connectivity index is 2.53. The van der Waals surface area contributed by atoms with E-state index in [-0.39, 0.29) is 13.2 Å². The molecular weight excluding hydrogens is 600 g/mol. The number of ether oxygens (including phenoxy) is 9. The number of hydrogen-bond acceptors (Lipinski definition) is 17. The second-order valence-corrected chi connectivity index (χ2v) is 10.9. The van der Waals surface area contributed by atoms with Crippen LogP contribution >= 0.6 is 11.8 Å². The predicted octanol–water partition coefficient (Wildman–Crippen LogP) is -0.00340. The van der Waals surface area contributed by atoms with Gasteiger partial charge in [-0.3, -0.25) is 33.6 Å². The van der Waals surface area contributed by atoms with Crippen LogP contribution in [0.25, 0.3) is 0 Å². The average Bonchev–Trinajstić information content (AvgIpc) is 2.86. The number of hydrogen-bond donors (Lipinski definition) is 0. The van der Waals surface area contributed by atoms with Crippen LogP contribution in [0.15, 0.2) is 0 Å². The van der Waals surface area contributed by atoms with Gasteiger partial charge < -0.3 is 42.6 Å².